The topological polar surface area (TPSA) is 3.88 Å². The van der Waals surface area contributed by atoms with Gasteiger partial charge in [-0.05, 0) is 70.4 Å². The Labute approximate surface area is 191 Å². The van der Waals surface area contributed by atoms with Crippen molar-refractivity contribution in [3.63, 3.8) is 0 Å². The largest absolute Gasteiger partial charge is 0.219 e. The van der Waals surface area contributed by atoms with Gasteiger partial charge in [0, 0.05) is 29.8 Å². The maximum Gasteiger partial charge on any atom is 0.219 e. The molecule has 0 amide bonds. The Bertz CT molecular complexity index is 1420. The Balaban J connectivity index is 2.04. The maximum absolute atomic E-state index is 2.42. The van der Waals surface area contributed by atoms with Crippen LogP contribution in [0.1, 0.15) is 33.4 Å². The van der Waals surface area contributed by atoms with Crippen molar-refractivity contribution in [2.45, 2.75) is 41.5 Å². The molecule has 0 atom stereocenters. The molecule has 158 valence electrons. The van der Waals surface area contributed by atoms with Crippen LogP contribution in [0, 0.1) is 41.5 Å². The summed E-state index contributed by atoms with van der Waals surface area (Å²) in [6, 6.07) is 27.2. The highest BCUT2D eigenvalue weighted by atomic mass is 15.0. The van der Waals surface area contributed by atoms with Crippen LogP contribution in [-0.4, -0.2) is 0 Å². The molecule has 0 spiro atoms. The smallest absolute Gasteiger partial charge is 0.153 e. The zero-order valence-corrected chi connectivity index (χ0v) is 19.9. The molecule has 0 aliphatic carbocycles. The van der Waals surface area contributed by atoms with Crippen molar-refractivity contribution in [3.05, 3.63) is 106 Å². The fourth-order valence-corrected chi connectivity index (χ4v) is 5.18. The average molecular weight is 417 g/mol. The van der Waals surface area contributed by atoms with Gasteiger partial charge in [0.25, 0.3) is 0 Å². The van der Waals surface area contributed by atoms with Crippen LogP contribution in [0.5, 0.6) is 0 Å². The monoisotopic (exact) mass is 416 g/mol. The molecule has 1 heterocycles. The number of hydrogen-bond donors (Lipinski definition) is 0. The van der Waals surface area contributed by atoms with Crippen LogP contribution < -0.4 is 4.57 Å². The molecule has 5 rings (SSSR count). The third kappa shape index (κ3) is 3.29. The van der Waals surface area contributed by atoms with Gasteiger partial charge < -0.3 is 0 Å². The molecular formula is C31H30N+. The summed E-state index contributed by atoms with van der Waals surface area (Å²) in [5.41, 5.74) is 14.2. The predicted octanol–water partition coefficient (Wildman–Crippen LogP) is 7.79. The highest BCUT2D eigenvalue weighted by Crippen LogP contribution is 2.39. The van der Waals surface area contributed by atoms with Crippen molar-refractivity contribution in [2.24, 2.45) is 0 Å². The van der Waals surface area contributed by atoms with Gasteiger partial charge in [-0.3, -0.25) is 0 Å². The second kappa shape index (κ2) is 7.60. The summed E-state index contributed by atoms with van der Waals surface area (Å²) in [4.78, 5) is 0. The van der Waals surface area contributed by atoms with Gasteiger partial charge in [0.05, 0.1) is 10.8 Å². The minimum absolute atomic E-state index is 1.20. The van der Waals surface area contributed by atoms with Crippen molar-refractivity contribution in [2.75, 3.05) is 0 Å². The molecule has 0 radical (unpaired) electrons. The molecule has 5 aromatic rings. The van der Waals surface area contributed by atoms with Crippen LogP contribution in [-0.2, 0) is 0 Å². The molecule has 0 aliphatic rings. The number of rotatable bonds is 2. The van der Waals surface area contributed by atoms with Gasteiger partial charge >= 0.3 is 0 Å². The SMILES string of the molecule is Cc1ccc(-[n+]2c3ccc(C)cc3c(-c3c(C)cc(C)cc3C)c3cc(C)ccc32)cc1. The van der Waals surface area contributed by atoms with Gasteiger partial charge in [-0.1, -0.05) is 58.7 Å². The van der Waals surface area contributed by atoms with E-state index in [9.17, 15) is 0 Å². The number of aryl methyl sites for hydroxylation is 6. The molecule has 0 saturated heterocycles. The molecule has 4 aromatic carbocycles. The van der Waals surface area contributed by atoms with Crippen molar-refractivity contribution in [1.29, 1.82) is 0 Å². The second-order valence-electron chi connectivity index (χ2n) is 9.36. The summed E-state index contributed by atoms with van der Waals surface area (Å²) >= 11 is 0. The lowest BCUT2D eigenvalue weighted by Crippen LogP contribution is -2.33. The van der Waals surface area contributed by atoms with E-state index in [2.05, 4.69) is 119 Å². The maximum atomic E-state index is 2.42. The average Bonchev–Trinajstić information content (AvgIpc) is 2.74. The summed E-state index contributed by atoms with van der Waals surface area (Å²) in [5.74, 6) is 0. The van der Waals surface area contributed by atoms with Crippen LogP contribution in [0.2, 0.25) is 0 Å². The van der Waals surface area contributed by atoms with Crippen molar-refractivity contribution < 1.29 is 4.57 Å². The van der Waals surface area contributed by atoms with Crippen LogP contribution >= 0.6 is 0 Å². The molecule has 0 aliphatic heterocycles. The Morgan fingerprint density at radius 2 is 0.906 bits per heavy atom. The summed E-state index contributed by atoms with van der Waals surface area (Å²) in [6.45, 7) is 13.2. The Kier molecular flexibility index (Phi) is 4.86. The first kappa shape index (κ1) is 20.5. The van der Waals surface area contributed by atoms with Crippen molar-refractivity contribution in [1.82, 2.24) is 0 Å². The Morgan fingerprint density at radius 1 is 0.438 bits per heavy atom. The Hall–Kier alpha value is -3.45. The molecule has 0 N–H and O–H groups in total. The van der Waals surface area contributed by atoms with Crippen LogP contribution in [0.4, 0.5) is 0 Å². The quantitative estimate of drug-likeness (QED) is 0.204. The van der Waals surface area contributed by atoms with E-state index in [0.717, 1.165) is 0 Å². The number of nitrogens with zero attached hydrogens (tertiary/aromatic N) is 1. The number of benzene rings is 4. The van der Waals surface area contributed by atoms with E-state index in [1.807, 2.05) is 0 Å². The molecular weight excluding hydrogens is 386 g/mol. The van der Waals surface area contributed by atoms with Gasteiger partial charge in [-0.15, -0.1) is 0 Å². The first-order valence-corrected chi connectivity index (χ1v) is 11.4. The lowest BCUT2D eigenvalue weighted by atomic mass is 9.88. The molecule has 1 nitrogen and oxygen atoms in total. The van der Waals surface area contributed by atoms with Crippen LogP contribution in [0.15, 0.2) is 72.8 Å². The van der Waals surface area contributed by atoms with Gasteiger partial charge in [0.2, 0.25) is 16.7 Å². The van der Waals surface area contributed by atoms with Gasteiger partial charge in [-0.2, -0.15) is 4.57 Å². The van der Waals surface area contributed by atoms with E-state index in [1.54, 1.807) is 0 Å². The number of fused-ring (bicyclic) bond motifs is 2. The molecule has 1 aromatic heterocycles. The van der Waals surface area contributed by atoms with E-state index in [1.165, 1.54) is 72.0 Å². The van der Waals surface area contributed by atoms with E-state index in [0.29, 0.717) is 0 Å². The second-order valence-corrected chi connectivity index (χ2v) is 9.36. The predicted molar refractivity (Wildman–Crippen MR) is 137 cm³/mol. The molecule has 0 fully saturated rings. The van der Waals surface area contributed by atoms with E-state index in [-0.39, 0.29) is 0 Å². The van der Waals surface area contributed by atoms with E-state index in [4.69, 9.17) is 0 Å². The minimum Gasteiger partial charge on any atom is -0.153 e. The third-order valence-corrected chi connectivity index (χ3v) is 6.54. The Morgan fingerprint density at radius 3 is 1.41 bits per heavy atom. The first-order chi connectivity index (χ1) is 15.3. The fraction of sp³-hybridized carbons (Fsp3) is 0.194. The van der Waals surface area contributed by atoms with Crippen LogP contribution in [0.25, 0.3) is 38.6 Å². The fourth-order valence-electron chi connectivity index (χ4n) is 5.18. The van der Waals surface area contributed by atoms with Gasteiger partial charge in [0.15, 0.2) is 0 Å². The number of pyridine rings is 1. The van der Waals surface area contributed by atoms with Crippen molar-refractivity contribution >= 4 is 21.8 Å². The summed E-state index contributed by atoms with van der Waals surface area (Å²) < 4.78 is 2.42. The number of hydrogen-bond acceptors (Lipinski definition) is 0. The molecule has 1 heteroatoms. The van der Waals surface area contributed by atoms with Gasteiger partial charge in [0.1, 0.15) is 0 Å². The van der Waals surface area contributed by atoms with E-state index >= 15 is 0 Å². The standard InChI is InChI=1S/C31H30N/c1-19-7-11-25(12-8-19)32-28-13-9-20(2)17-26(28)31(27-18-21(3)10-14-29(27)32)30-23(5)15-22(4)16-24(30)6/h7-18H,1-6H3/q+1. The molecule has 0 saturated carbocycles. The highest BCUT2D eigenvalue weighted by molar-refractivity contribution is 6.09. The molecule has 32 heavy (non-hydrogen) atoms. The number of aromatic nitrogens is 1. The molecule has 0 bridgehead atoms. The normalized spacial score (nSPS) is 11.4. The minimum atomic E-state index is 1.20. The zero-order valence-electron chi connectivity index (χ0n) is 19.9. The summed E-state index contributed by atoms with van der Waals surface area (Å²) in [5, 5.41) is 2.61. The summed E-state index contributed by atoms with van der Waals surface area (Å²) in [7, 11) is 0. The lowest BCUT2D eigenvalue weighted by Gasteiger charge is -2.17. The first-order valence-electron chi connectivity index (χ1n) is 11.4. The molecule has 0 unspecified atom stereocenters. The van der Waals surface area contributed by atoms with Crippen molar-refractivity contribution in [3.8, 4) is 16.8 Å². The van der Waals surface area contributed by atoms with Gasteiger partial charge in [-0.25, -0.2) is 0 Å². The third-order valence-electron chi connectivity index (χ3n) is 6.54. The highest BCUT2D eigenvalue weighted by Gasteiger charge is 2.25. The van der Waals surface area contributed by atoms with E-state index < -0.39 is 0 Å². The summed E-state index contributed by atoms with van der Waals surface area (Å²) in [6.07, 6.45) is 0. The lowest BCUT2D eigenvalue weighted by molar-refractivity contribution is -0.537. The van der Waals surface area contributed by atoms with Crippen LogP contribution in [0.3, 0.4) is 0 Å². The zero-order chi connectivity index (χ0) is 22.6.